The molecule has 0 radical (unpaired) electrons. The third-order valence-electron chi connectivity index (χ3n) is 3.60. The quantitative estimate of drug-likeness (QED) is 0.421. The molecule has 0 nitrogen and oxygen atoms in total. The largest absolute Gasteiger partial charge is 0.0616 e. The Morgan fingerprint density at radius 1 is 0.667 bits per heavy atom. The normalized spacial score (nSPS) is 11.3. The van der Waals surface area contributed by atoms with E-state index in [4.69, 9.17) is 0 Å². The van der Waals surface area contributed by atoms with Crippen molar-refractivity contribution < 1.29 is 0 Å². The number of rotatable bonds is 0. The number of hydrogen-bond acceptors (Lipinski definition) is 0. The molecule has 3 rings (SSSR count). The fourth-order valence-electron chi connectivity index (χ4n) is 2.59. The number of fused-ring (bicyclic) bond motifs is 2. The van der Waals surface area contributed by atoms with Crippen molar-refractivity contribution in [3.63, 3.8) is 0 Å². The lowest BCUT2D eigenvalue weighted by Crippen LogP contribution is -1.88. The summed E-state index contributed by atoms with van der Waals surface area (Å²) in [5, 5.41) is 5.33. The predicted molar refractivity (Wildman–Crippen MR) is 86.3 cm³/mol. The highest BCUT2D eigenvalue weighted by molar-refractivity contribution is 9.13. The first-order chi connectivity index (χ1) is 8.59. The van der Waals surface area contributed by atoms with E-state index >= 15 is 0 Å². The lowest BCUT2D eigenvalue weighted by atomic mass is 9.93. The molecule has 0 atom stereocenters. The Bertz CT molecular complexity index is 707. The van der Waals surface area contributed by atoms with Gasteiger partial charge in [0.2, 0.25) is 0 Å². The molecule has 0 fully saturated rings. The van der Waals surface area contributed by atoms with Crippen LogP contribution in [0.25, 0.3) is 21.5 Å². The van der Waals surface area contributed by atoms with Gasteiger partial charge in [-0.05, 0) is 90.5 Å². The number of aryl methyl sites for hydroxylation is 2. The molecular formula is C16H12Br2. The second-order valence-electron chi connectivity index (χ2n) is 4.61. The Morgan fingerprint density at radius 3 is 1.44 bits per heavy atom. The van der Waals surface area contributed by atoms with Crippen LogP contribution in [0.4, 0.5) is 0 Å². The van der Waals surface area contributed by atoms with Gasteiger partial charge in [0.05, 0.1) is 0 Å². The molecule has 18 heavy (non-hydrogen) atoms. The Balaban J connectivity index is 2.62. The predicted octanol–water partition coefficient (Wildman–Crippen LogP) is 6.13. The minimum absolute atomic E-state index is 1.10. The topological polar surface area (TPSA) is 0 Å². The molecule has 0 aliphatic carbocycles. The minimum Gasteiger partial charge on any atom is -0.0616 e. The number of hydrogen-bond donors (Lipinski definition) is 0. The van der Waals surface area contributed by atoms with Gasteiger partial charge in [0.15, 0.2) is 0 Å². The first-order valence-electron chi connectivity index (χ1n) is 5.86. The van der Waals surface area contributed by atoms with Gasteiger partial charge < -0.3 is 0 Å². The molecule has 0 saturated carbocycles. The number of halogens is 2. The third kappa shape index (κ3) is 1.70. The summed E-state index contributed by atoms with van der Waals surface area (Å²) in [7, 11) is 0. The van der Waals surface area contributed by atoms with Gasteiger partial charge in [-0.3, -0.25) is 0 Å². The summed E-state index contributed by atoms with van der Waals surface area (Å²) in [6.07, 6.45) is 0. The van der Waals surface area contributed by atoms with Gasteiger partial charge in [0.25, 0.3) is 0 Å². The maximum absolute atomic E-state index is 3.59. The Kier molecular flexibility index (Phi) is 2.95. The van der Waals surface area contributed by atoms with Crippen LogP contribution in [0.5, 0.6) is 0 Å². The Labute approximate surface area is 123 Å². The maximum Gasteiger partial charge on any atom is 0.0323 e. The second kappa shape index (κ2) is 4.36. The molecule has 0 saturated heterocycles. The third-order valence-corrected chi connectivity index (χ3v) is 5.45. The van der Waals surface area contributed by atoms with E-state index in [1.807, 2.05) is 0 Å². The van der Waals surface area contributed by atoms with Crippen molar-refractivity contribution >= 4 is 53.4 Å². The number of benzene rings is 3. The van der Waals surface area contributed by atoms with Gasteiger partial charge in [-0.1, -0.05) is 24.3 Å². The van der Waals surface area contributed by atoms with Crippen molar-refractivity contribution in [1.82, 2.24) is 0 Å². The highest BCUT2D eigenvalue weighted by atomic mass is 79.9. The molecule has 3 aromatic carbocycles. The summed E-state index contributed by atoms with van der Waals surface area (Å²) in [5.74, 6) is 0. The van der Waals surface area contributed by atoms with Crippen LogP contribution in [-0.4, -0.2) is 0 Å². The molecule has 0 aliphatic heterocycles. The lowest BCUT2D eigenvalue weighted by molar-refractivity contribution is 1.50. The van der Waals surface area contributed by atoms with Crippen molar-refractivity contribution in [1.29, 1.82) is 0 Å². The summed E-state index contributed by atoms with van der Waals surface area (Å²) in [6.45, 7) is 4.40. The van der Waals surface area contributed by atoms with Crippen molar-refractivity contribution in [3.8, 4) is 0 Å². The van der Waals surface area contributed by atoms with Crippen LogP contribution in [0.2, 0.25) is 0 Å². The average molecular weight is 364 g/mol. The van der Waals surface area contributed by atoms with Crippen molar-refractivity contribution in [2.75, 3.05) is 0 Å². The van der Waals surface area contributed by atoms with Crippen LogP contribution in [-0.2, 0) is 0 Å². The fourth-order valence-corrected chi connectivity index (χ4v) is 3.28. The molecule has 90 valence electrons. The monoisotopic (exact) mass is 362 g/mol. The Hall–Kier alpha value is -0.860. The van der Waals surface area contributed by atoms with Crippen LogP contribution in [0.1, 0.15) is 11.1 Å². The van der Waals surface area contributed by atoms with Crippen LogP contribution < -0.4 is 0 Å². The zero-order valence-electron chi connectivity index (χ0n) is 10.2. The van der Waals surface area contributed by atoms with Crippen LogP contribution >= 0.6 is 31.9 Å². The summed E-state index contributed by atoms with van der Waals surface area (Å²) in [5.41, 5.74) is 2.69. The van der Waals surface area contributed by atoms with E-state index < -0.39 is 0 Å². The van der Waals surface area contributed by atoms with Gasteiger partial charge in [-0.15, -0.1) is 0 Å². The van der Waals surface area contributed by atoms with Crippen LogP contribution in [0, 0.1) is 13.8 Å². The van der Waals surface area contributed by atoms with Gasteiger partial charge >= 0.3 is 0 Å². The average Bonchev–Trinajstić information content (AvgIpc) is 2.38. The van der Waals surface area contributed by atoms with Gasteiger partial charge in [0.1, 0.15) is 0 Å². The SMILES string of the molecule is Cc1c2ccccc2c(C)c2cc(Br)c(Br)cc12. The summed E-state index contributed by atoms with van der Waals surface area (Å²) >= 11 is 7.18. The minimum atomic E-state index is 1.10. The molecule has 0 bridgehead atoms. The van der Waals surface area contributed by atoms with E-state index in [1.165, 1.54) is 32.7 Å². The molecule has 0 aliphatic rings. The van der Waals surface area contributed by atoms with Crippen molar-refractivity contribution in [2.45, 2.75) is 13.8 Å². The molecule has 0 amide bonds. The van der Waals surface area contributed by atoms with E-state index in [0.717, 1.165) is 8.95 Å². The first-order valence-corrected chi connectivity index (χ1v) is 7.45. The molecule has 0 aromatic heterocycles. The highest BCUT2D eigenvalue weighted by Gasteiger charge is 2.10. The van der Waals surface area contributed by atoms with E-state index in [2.05, 4.69) is 82.1 Å². The summed E-state index contributed by atoms with van der Waals surface area (Å²) in [6, 6.07) is 13.0. The lowest BCUT2D eigenvalue weighted by Gasteiger charge is -2.13. The van der Waals surface area contributed by atoms with Crippen LogP contribution in [0.15, 0.2) is 45.3 Å². The standard InChI is InChI=1S/C16H12Br2/c1-9-11-5-3-4-6-12(11)10(2)14-8-16(18)15(17)7-13(9)14/h3-8H,1-2H3. The second-order valence-corrected chi connectivity index (χ2v) is 6.32. The van der Waals surface area contributed by atoms with E-state index in [1.54, 1.807) is 0 Å². The Morgan fingerprint density at radius 2 is 1.06 bits per heavy atom. The first kappa shape index (κ1) is 12.2. The maximum atomic E-state index is 3.59. The zero-order chi connectivity index (χ0) is 12.9. The molecular weight excluding hydrogens is 352 g/mol. The molecule has 2 heteroatoms. The molecule has 0 N–H and O–H groups in total. The van der Waals surface area contributed by atoms with E-state index in [-0.39, 0.29) is 0 Å². The molecule has 0 spiro atoms. The zero-order valence-corrected chi connectivity index (χ0v) is 13.4. The van der Waals surface area contributed by atoms with Crippen LogP contribution in [0.3, 0.4) is 0 Å². The van der Waals surface area contributed by atoms with Gasteiger partial charge in [-0.25, -0.2) is 0 Å². The summed E-state index contributed by atoms with van der Waals surface area (Å²) in [4.78, 5) is 0. The fraction of sp³-hybridized carbons (Fsp3) is 0.125. The van der Waals surface area contributed by atoms with Gasteiger partial charge in [-0.2, -0.15) is 0 Å². The molecule has 0 unspecified atom stereocenters. The highest BCUT2D eigenvalue weighted by Crippen LogP contribution is 2.36. The summed E-state index contributed by atoms with van der Waals surface area (Å²) < 4.78 is 2.21. The van der Waals surface area contributed by atoms with E-state index in [0.29, 0.717) is 0 Å². The van der Waals surface area contributed by atoms with E-state index in [9.17, 15) is 0 Å². The molecule has 3 aromatic rings. The molecule has 0 heterocycles. The van der Waals surface area contributed by atoms with Crippen molar-refractivity contribution in [2.24, 2.45) is 0 Å². The smallest absolute Gasteiger partial charge is 0.0323 e. The van der Waals surface area contributed by atoms with Crippen molar-refractivity contribution in [3.05, 3.63) is 56.5 Å². The van der Waals surface area contributed by atoms with Gasteiger partial charge in [0, 0.05) is 8.95 Å².